The molecule has 1 atom stereocenters. The smallest absolute Gasteiger partial charge is 0.255 e. The maximum Gasteiger partial charge on any atom is 0.255 e. The molecule has 0 aliphatic heterocycles. The van der Waals surface area contributed by atoms with E-state index in [2.05, 4.69) is 25.9 Å². The molecular weight excluding hydrogens is 405 g/mol. The van der Waals surface area contributed by atoms with E-state index in [4.69, 9.17) is 0 Å². The second kappa shape index (κ2) is 9.36. The topological polar surface area (TPSA) is 99.2 Å². The lowest BCUT2D eigenvalue weighted by Gasteiger charge is -2.22. The Morgan fingerprint density at radius 3 is 2.83 bits per heavy atom. The van der Waals surface area contributed by atoms with Gasteiger partial charge in [0.25, 0.3) is 5.91 Å². The summed E-state index contributed by atoms with van der Waals surface area (Å²) >= 11 is 1.56. The van der Waals surface area contributed by atoms with Crippen molar-refractivity contribution in [1.29, 1.82) is 0 Å². The largest absolute Gasteiger partial charge is 0.387 e. The highest BCUT2D eigenvalue weighted by molar-refractivity contribution is 7.16. The van der Waals surface area contributed by atoms with Crippen LogP contribution in [0, 0.1) is 0 Å². The third-order valence-corrected chi connectivity index (χ3v) is 5.32. The molecule has 0 saturated carbocycles. The predicted molar refractivity (Wildman–Crippen MR) is 119 cm³/mol. The molecule has 3 rings (SSSR count). The van der Waals surface area contributed by atoms with E-state index < -0.39 is 17.7 Å². The number of carbonyl (C=O) groups is 1. The first kappa shape index (κ1) is 21.9. The molecule has 1 aromatic carbocycles. The summed E-state index contributed by atoms with van der Waals surface area (Å²) in [5.41, 5.74) is 2.99. The normalized spacial score (nSPS) is 12.6. The molecule has 0 unspecified atom stereocenters. The van der Waals surface area contributed by atoms with Crippen molar-refractivity contribution in [1.82, 2.24) is 15.3 Å². The molecule has 0 aliphatic rings. The van der Waals surface area contributed by atoms with E-state index in [9.17, 15) is 14.3 Å². The highest BCUT2D eigenvalue weighted by Gasteiger charge is 2.27. The van der Waals surface area contributed by atoms with Gasteiger partial charge < -0.3 is 21.1 Å². The zero-order chi connectivity index (χ0) is 21.7. The van der Waals surface area contributed by atoms with Crippen molar-refractivity contribution in [3.63, 3.8) is 0 Å². The third-order valence-electron chi connectivity index (χ3n) is 4.53. The van der Waals surface area contributed by atoms with Gasteiger partial charge in [-0.2, -0.15) is 0 Å². The van der Waals surface area contributed by atoms with E-state index in [1.54, 1.807) is 22.9 Å². The molecule has 9 heteroatoms. The molecule has 0 bridgehead atoms. The highest BCUT2D eigenvalue weighted by atomic mass is 32.1. The monoisotopic (exact) mass is 431 g/mol. The van der Waals surface area contributed by atoms with Crippen LogP contribution in [0.15, 0.2) is 36.0 Å². The second-order valence-corrected chi connectivity index (χ2v) is 8.42. The van der Waals surface area contributed by atoms with Crippen LogP contribution < -0.4 is 16.0 Å². The molecule has 160 valence electrons. The molecule has 2 aromatic heterocycles. The first-order valence-electron chi connectivity index (χ1n) is 9.76. The van der Waals surface area contributed by atoms with Crippen LogP contribution >= 0.6 is 11.3 Å². The summed E-state index contributed by atoms with van der Waals surface area (Å²) in [5.74, 6) is 0.125. The number of amides is 1. The molecule has 7 nitrogen and oxygen atoms in total. The SMILES string of the molecule is CCCNc1cc(Nc2ccc3ncsc3c2)ncc1C(=O)NC[C@@H](F)C(C)(C)O. The van der Waals surface area contributed by atoms with Crippen molar-refractivity contribution in [3.8, 4) is 0 Å². The number of fused-ring (bicyclic) bond motifs is 1. The Labute approximate surface area is 178 Å². The van der Waals surface area contributed by atoms with Crippen molar-refractivity contribution in [2.45, 2.75) is 39.0 Å². The lowest BCUT2D eigenvalue weighted by atomic mass is 10.0. The van der Waals surface area contributed by atoms with Gasteiger partial charge in [0, 0.05) is 24.5 Å². The summed E-state index contributed by atoms with van der Waals surface area (Å²) in [5, 5.41) is 18.7. The van der Waals surface area contributed by atoms with Crippen LogP contribution in [-0.2, 0) is 0 Å². The van der Waals surface area contributed by atoms with Crippen molar-refractivity contribution in [2.24, 2.45) is 0 Å². The minimum absolute atomic E-state index is 0.287. The number of benzene rings is 1. The number of halogens is 1. The quantitative estimate of drug-likeness (QED) is 0.407. The van der Waals surface area contributed by atoms with Gasteiger partial charge in [-0.3, -0.25) is 4.79 Å². The summed E-state index contributed by atoms with van der Waals surface area (Å²) in [6.45, 7) is 5.14. The van der Waals surface area contributed by atoms with Crippen LogP contribution in [0.4, 0.5) is 21.6 Å². The lowest BCUT2D eigenvalue weighted by Crippen LogP contribution is -2.42. The molecule has 0 saturated heterocycles. The van der Waals surface area contributed by atoms with Gasteiger partial charge in [0.2, 0.25) is 0 Å². The van der Waals surface area contributed by atoms with Crippen molar-refractivity contribution < 1.29 is 14.3 Å². The standard InChI is InChI=1S/C21H26FN5O2S/c1-4-7-23-16-9-19(27-13-5-6-15-17(8-13)30-12-26-15)24-10-14(16)20(28)25-11-18(22)21(2,3)29/h5-6,8-10,12,18,29H,4,7,11H2,1-3H3,(H,25,28)(H2,23,24,27)/t18-/m1/s1. The average Bonchev–Trinajstić information content (AvgIpc) is 3.17. The molecule has 30 heavy (non-hydrogen) atoms. The molecule has 3 aromatic rings. The Hall–Kier alpha value is -2.78. The number of carbonyl (C=O) groups excluding carboxylic acids is 1. The fourth-order valence-electron chi connectivity index (χ4n) is 2.72. The number of nitrogens with zero attached hydrogens (tertiary/aromatic N) is 2. The van der Waals surface area contributed by atoms with Crippen molar-refractivity contribution >= 4 is 44.7 Å². The van der Waals surface area contributed by atoms with Crippen LogP contribution in [0.5, 0.6) is 0 Å². The van der Waals surface area contributed by atoms with Crippen LogP contribution in [0.3, 0.4) is 0 Å². The molecule has 0 aliphatic carbocycles. The van der Waals surface area contributed by atoms with Gasteiger partial charge >= 0.3 is 0 Å². The van der Waals surface area contributed by atoms with Crippen LogP contribution in [0.2, 0.25) is 0 Å². The summed E-state index contributed by atoms with van der Waals surface area (Å²) < 4.78 is 15.0. The van der Waals surface area contributed by atoms with Gasteiger partial charge in [0.15, 0.2) is 0 Å². The number of nitrogens with one attached hydrogen (secondary N) is 3. The molecule has 0 spiro atoms. The van der Waals surface area contributed by atoms with Gasteiger partial charge in [0.1, 0.15) is 12.0 Å². The molecule has 0 radical (unpaired) electrons. The zero-order valence-corrected chi connectivity index (χ0v) is 18.0. The third kappa shape index (κ3) is 5.43. The maximum absolute atomic E-state index is 14.0. The Morgan fingerprint density at radius 1 is 1.30 bits per heavy atom. The first-order valence-corrected chi connectivity index (χ1v) is 10.6. The summed E-state index contributed by atoms with van der Waals surface area (Å²) in [4.78, 5) is 21.2. The Morgan fingerprint density at radius 2 is 2.10 bits per heavy atom. The number of hydrogen-bond acceptors (Lipinski definition) is 7. The average molecular weight is 432 g/mol. The number of anilines is 3. The van der Waals surface area contributed by atoms with E-state index in [1.165, 1.54) is 20.0 Å². The van der Waals surface area contributed by atoms with E-state index in [1.807, 2.05) is 25.1 Å². The number of alkyl halides is 1. The second-order valence-electron chi connectivity index (χ2n) is 7.53. The molecular formula is C21H26FN5O2S. The molecule has 2 heterocycles. The first-order chi connectivity index (χ1) is 14.3. The number of rotatable bonds is 9. The van der Waals surface area contributed by atoms with Crippen LogP contribution in [0.25, 0.3) is 10.2 Å². The van der Waals surface area contributed by atoms with Crippen molar-refractivity contribution in [3.05, 3.63) is 41.5 Å². The van der Waals surface area contributed by atoms with Crippen molar-refractivity contribution in [2.75, 3.05) is 23.7 Å². The van der Waals surface area contributed by atoms with Gasteiger partial charge in [-0.25, -0.2) is 14.4 Å². The number of hydrogen-bond donors (Lipinski definition) is 4. The Balaban J connectivity index is 1.77. The fraction of sp³-hybridized carbons (Fsp3) is 0.381. The number of aromatic nitrogens is 2. The molecule has 4 N–H and O–H groups in total. The van der Waals surface area contributed by atoms with Gasteiger partial charge in [-0.1, -0.05) is 6.92 Å². The fourth-order valence-corrected chi connectivity index (χ4v) is 3.43. The Bertz CT molecular complexity index is 1020. The van der Waals surface area contributed by atoms with E-state index >= 15 is 0 Å². The Kier molecular flexibility index (Phi) is 6.84. The van der Waals surface area contributed by atoms with Crippen LogP contribution in [-0.4, -0.2) is 45.8 Å². The predicted octanol–water partition coefficient (Wildman–Crippen LogP) is 4.10. The molecule has 0 fully saturated rings. The van der Waals surface area contributed by atoms with Gasteiger partial charge in [-0.15, -0.1) is 11.3 Å². The summed E-state index contributed by atoms with van der Waals surface area (Å²) in [6.07, 6.45) is 0.751. The minimum atomic E-state index is -1.58. The van der Waals surface area contributed by atoms with Crippen LogP contribution in [0.1, 0.15) is 37.6 Å². The zero-order valence-electron chi connectivity index (χ0n) is 17.2. The van der Waals surface area contributed by atoms with Gasteiger partial charge in [-0.05, 0) is 38.5 Å². The van der Waals surface area contributed by atoms with E-state index in [0.29, 0.717) is 23.6 Å². The van der Waals surface area contributed by atoms with Gasteiger partial charge in [0.05, 0.1) is 39.1 Å². The highest BCUT2D eigenvalue weighted by Crippen LogP contribution is 2.26. The lowest BCUT2D eigenvalue weighted by molar-refractivity contribution is -0.00177. The number of aliphatic hydroxyl groups is 1. The molecule has 1 amide bonds. The maximum atomic E-state index is 14.0. The number of thiazole rings is 1. The number of pyridine rings is 1. The van der Waals surface area contributed by atoms with E-state index in [0.717, 1.165) is 22.3 Å². The van der Waals surface area contributed by atoms with E-state index in [-0.39, 0.29) is 6.54 Å². The minimum Gasteiger partial charge on any atom is -0.387 e. The summed E-state index contributed by atoms with van der Waals surface area (Å²) in [7, 11) is 0. The summed E-state index contributed by atoms with van der Waals surface area (Å²) in [6, 6.07) is 7.60.